The van der Waals surface area contributed by atoms with Crippen LogP contribution in [-0.4, -0.2) is 29.1 Å². The first-order chi connectivity index (χ1) is 9.29. The van der Waals surface area contributed by atoms with E-state index < -0.39 is 0 Å². The largest absolute Gasteiger partial charge is 0.352 e. The van der Waals surface area contributed by atoms with E-state index in [1.807, 2.05) is 0 Å². The number of aromatic nitrogens is 2. The van der Waals surface area contributed by atoms with Crippen LogP contribution >= 0.6 is 0 Å². The third-order valence-corrected chi connectivity index (χ3v) is 4.62. The van der Waals surface area contributed by atoms with Gasteiger partial charge in [-0.2, -0.15) is 0 Å². The summed E-state index contributed by atoms with van der Waals surface area (Å²) in [5.41, 5.74) is 8.64. The van der Waals surface area contributed by atoms with Gasteiger partial charge < -0.3 is 10.6 Å². The molecular formula is C15H24N4. The van der Waals surface area contributed by atoms with E-state index in [4.69, 9.17) is 5.73 Å². The maximum Gasteiger partial charge on any atom is 0.135 e. The van der Waals surface area contributed by atoms with E-state index in [1.54, 1.807) is 6.33 Å². The van der Waals surface area contributed by atoms with E-state index in [9.17, 15) is 0 Å². The van der Waals surface area contributed by atoms with Gasteiger partial charge in [0.2, 0.25) is 0 Å². The summed E-state index contributed by atoms with van der Waals surface area (Å²) < 4.78 is 0. The molecule has 2 unspecified atom stereocenters. The first kappa shape index (κ1) is 12.9. The van der Waals surface area contributed by atoms with E-state index >= 15 is 0 Å². The monoisotopic (exact) mass is 260 g/mol. The van der Waals surface area contributed by atoms with Crippen LogP contribution < -0.4 is 10.6 Å². The van der Waals surface area contributed by atoms with Gasteiger partial charge in [-0.25, -0.2) is 9.97 Å². The molecule has 0 radical (unpaired) electrons. The van der Waals surface area contributed by atoms with Crippen LogP contribution in [0.3, 0.4) is 0 Å². The SMILES string of the molecule is CC1CCN(c2ncnc3c2CCCC3)C(CN)C1. The van der Waals surface area contributed by atoms with E-state index in [0.717, 1.165) is 31.8 Å². The van der Waals surface area contributed by atoms with Gasteiger partial charge in [0, 0.05) is 30.4 Å². The first-order valence-electron chi connectivity index (χ1n) is 7.59. The fraction of sp³-hybridized carbons (Fsp3) is 0.733. The molecule has 4 nitrogen and oxygen atoms in total. The van der Waals surface area contributed by atoms with Gasteiger partial charge in [0.15, 0.2) is 0 Å². The van der Waals surface area contributed by atoms with Crippen LogP contribution in [0.25, 0.3) is 0 Å². The average molecular weight is 260 g/mol. The molecule has 104 valence electrons. The highest BCUT2D eigenvalue weighted by Gasteiger charge is 2.29. The molecule has 0 amide bonds. The molecular weight excluding hydrogens is 236 g/mol. The number of fused-ring (bicyclic) bond motifs is 1. The number of piperidine rings is 1. The number of nitrogens with zero attached hydrogens (tertiary/aromatic N) is 3. The van der Waals surface area contributed by atoms with Crippen molar-refractivity contribution >= 4 is 5.82 Å². The van der Waals surface area contributed by atoms with Crippen LogP contribution in [0.1, 0.15) is 43.9 Å². The fourth-order valence-corrected chi connectivity index (χ4v) is 3.51. The molecule has 2 aliphatic rings. The molecule has 0 spiro atoms. The van der Waals surface area contributed by atoms with E-state index in [-0.39, 0.29) is 0 Å². The van der Waals surface area contributed by atoms with Crippen molar-refractivity contribution in [1.29, 1.82) is 0 Å². The van der Waals surface area contributed by atoms with Gasteiger partial charge in [-0.15, -0.1) is 0 Å². The summed E-state index contributed by atoms with van der Waals surface area (Å²) in [6.45, 7) is 4.14. The standard InChI is InChI=1S/C15H24N4/c1-11-6-7-19(12(8-11)9-16)15-13-4-2-3-5-14(13)17-10-18-15/h10-12H,2-9,16H2,1H3. The molecule has 0 bridgehead atoms. The molecule has 1 aromatic heterocycles. The van der Waals surface area contributed by atoms with Crippen molar-refractivity contribution in [3.05, 3.63) is 17.6 Å². The summed E-state index contributed by atoms with van der Waals surface area (Å²) in [6, 6.07) is 0.449. The molecule has 1 aliphatic heterocycles. The van der Waals surface area contributed by atoms with Crippen LogP contribution in [0, 0.1) is 5.92 Å². The van der Waals surface area contributed by atoms with Crippen LogP contribution in [0.2, 0.25) is 0 Å². The first-order valence-corrected chi connectivity index (χ1v) is 7.59. The van der Waals surface area contributed by atoms with Crippen molar-refractivity contribution in [1.82, 2.24) is 9.97 Å². The lowest BCUT2D eigenvalue weighted by atomic mass is 9.90. The Morgan fingerprint density at radius 3 is 3.00 bits per heavy atom. The van der Waals surface area contributed by atoms with Crippen LogP contribution in [0.4, 0.5) is 5.82 Å². The number of anilines is 1. The fourth-order valence-electron chi connectivity index (χ4n) is 3.51. The quantitative estimate of drug-likeness (QED) is 0.882. The maximum absolute atomic E-state index is 5.98. The van der Waals surface area contributed by atoms with Crippen molar-refractivity contribution in [2.45, 2.75) is 51.5 Å². The highest BCUT2D eigenvalue weighted by molar-refractivity contribution is 5.51. The lowest BCUT2D eigenvalue weighted by molar-refractivity contribution is 0.364. The number of hydrogen-bond donors (Lipinski definition) is 1. The molecule has 2 N–H and O–H groups in total. The van der Waals surface area contributed by atoms with Gasteiger partial charge in [-0.05, 0) is 44.4 Å². The molecule has 4 heteroatoms. The zero-order chi connectivity index (χ0) is 13.2. The lowest BCUT2D eigenvalue weighted by Gasteiger charge is -2.40. The molecule has 19 heavy (non-hydrogen) atoms. The molecule has 0 saturated carbocycles. The molecule has 1 aliphatic carbocycles. The highest BCUT2D eigenvalue weighted by Crippen LogP contribution is 2.32. The second kappa shape index (κ2) is 5.45. The third-order valence-electron chi connectivity index (χ3n) is 4.62. The molecule has 3 rings (SSSR count). The number of rotatable bonds is 2. The van der Waals surface area contributed by atoms with E-state index in [2.05, 4.69) is 21.8 Å². The van der Waals surface area contributed by atoms with Gasteiger partial charge in [0.25, 0.3) is 0 Å². The highest BCUT2D eigenvalue weighted by atomic mass is 15.2. The lowest BCUT2D eigenvalue weighted by Crippen LogP contribution is -2.47. The second-order valence-corrected chi connectivity index (χ2v) is 6.04. The number of aryl methyl sites for hydroxylation is 1. The maximum atomic E-state index is 5.98. The van der Waals surface area contributed by atoms with E-state index in [1.165, 1.54) is 42.8 Å². The summed E-state index contributed by atoms with van der Waals surface area (Å²) in [6.07, 6.45) is 8.96. The summed E-state index contributed by atoms with van der Waals surface area (Å²) in [4.78, 5) is 11.5. The Labute approximate surface area is 115 Å². The van der Waals surface area contributed by atoms with E-state index in [0.29, 0.717) is 6.04 Å². The minimum atomic E-state index is 0.449. The molecule has 1 saturated heterocycles. The third kappa shape index (κ3) is 2.46. The summed E-state index contributed by atoms with van der Waals surface area (Å²) in [5.74, 6) is 1.95. The smallest absolute Gasteiger partial charge is 0.135 e. The number of nitrogens with two attached hydrogens (primary N) is 1. The Bertz CT molecular complexity index is 446. The molecule has 2 atom stereocenters. The Kier molecular flexibility index (Phi) is 3.69. The Hall–Kier alpha value is -1.16. The van der Waals surface area contributed by atoms with Gasteiger partial charge in [-0.1, -0.05) is 6.92 Å². The van der Waals surface area contributed by atoms with Crippen LogP contribution in [0.15, 0.2) is 6.33 Å². The Morgan fingerprint density at radius 1 is 1.32 bits per heavy atom. The number of hydrogen-bond acceptors (Lipinski definition) is 4. The Balaban J connectivity index is 1.92. The topological polar surface area (TPSA) is 55.0 Å². The van der Waals surface area contributed by atoms with Gasteiger partial charge in [0.05, 0.1) is 0 Å². The minimum absolute atomic E-state index is 0.449. The predicted molar refractivity (Wildman–Crippen MR) is 77.3 cm³/mol. The average Bonchev–Trinajstić information content (AvgIpc) is 2.46. The van der Waals surface area contributed by atoms with Crippen molar-refractivity contribution in [3.8, 4) is 0 Å². The molecule has 1 fully saturated rings. The minimum Gasteiger partial charge on any atom is -0.352 e. The summed E-state index contributed by atoms with van der Waals surface area (Å²) in [7, 11) is 0. The zero-order valence-corrected chi connectivity index (χ0v) is 11.8. The van der Waals surface area contributed by atoms with Crippen molar-refractivity contribution in [3.63, 3.8) is 0 Å². The Morgan fingerprint density at radius 2 is 2.16 bits per heavy atom. The normalized spacial score (nSPS) is 27.2. The molecule has 0 aromatic carbocycles. The van der Waals surface area contributed by atoms with Crippen molar-refractivity contribution in [2.75, 3.05) is 18.0 Å². The molecule has 1 aromatic rings. The van der Waals surface area contributed by atoms with Gasteiger partial charge in [-0.3, -0.25) is 0 Å². The van der Waals surface area contributed by atoms with Gasteiger partial charge >= 0.3 is 0 Å². The zero-order valence-electron chi connectivity index (χ0n) is 11.8. The summed E-state index contributed by atoms with van der Waals surface area (Å²) in [5, 5.41) is 0. The molecule has 2 heterocycles. The second-order valence-electron chi connectivity index (χ2n) is 6.04. The summed E-state index contributed by atoms with van der Waals surface area (Å²) >= 11 is 0. The van der Waals surface area contributed by atoms with Crippen molar-refractivity contribution < 1.29 is 0 Å². The van der Waals surface area contributed by atoms with Gasteiger partial charge in [0.1, 0.15) is 12.1 Å². The van der Waals surface area contributed by atoms with Crippen LogP contribution in [0.5, 0.6) is 0 Å². The van der Waals surface area contributed by atoms with Crippen LogP contribution in [-0.2, 0) is 12.8 Å². The van der Waals surface area contributed by atoms with Crippen molar-refractivity contribution in [2.24, 2.45) is 11.7 Å². The predicted octanol–water partition coefficient (Wildman–Crippen LogP) is 1.92.